The van der Waals surface area contributed by atoms with Crippen molar-refractivity contribution in [3.8, 4) is 28.7 Å². The predicted molar refractivity (Wildman–Crippen MR) is 211 cm³/mol. The van der Waals surface area contributed by atoms with Gasteiger partial charge in [0.25, 0.3) is 0 Å². The van der Waals surface area contributed by atoms with Crippen molar-refractivity contribution in [1.82, 2.24) is 0 Å². The van der Waals surface area contributed by atoms with Gasteiger partial charge in [0, 0.05) is 43.9 Å². The van der Waals surface area contributed by atoms with Gasteiger partial charge in [-0.3, -0.25) is 0 Å². The maximum Gasteiger partial charge on any atom is 0.348 e. The molecule has 3 aromatic carbocycles. The highest BCUT2D eigenvalue weighted by Gasteiger charge is 2.54. The highest BCUT2D eigenvalue weighted by atomic mass is 16.6. The molecule has 5 rings (SSSR count). The number of rotatable bonds is 11. The molecule has 0 saturated heterocycles. The number of carboxylic acid groups (broad SMARTS) is 2. The number of phenolic OH excluding ortho intramolecular Hbond substituents is 5. The van der Waals surface area contributed by atoms with Crippen LogP contribution in [-0.2, 0) is 38.2 Å². The molecule has 0 radical (unpaired) electrons. The molecule has 0 aliphatic heterocycles. The molecule has 2 saturated carbocycles. The van der Waals surface area contributed by atoms with Crippen molar-refractivity contribution in [1.29, 1.82) is 0 Å². The molecule has 3 aromatic rings. The van der Waals surface area contributed by atoms with Crippen LogP contribution >= 0.6 is 0 Å². The molecule has 12 N–H and O–H groups in total. The van der Waals surface area contributed by atoms with E-state index < -0.39 is 109 Å². The van der Waals surface area contributed by atoms with Gasteiger partial charge in [-0.2, -0.15) is 0 Å². The molecular weight excluding hydrogens is 824 g/mol. The van der Waals surface area contributed by atoms with E-state index in [2.05, 4.69) is 0 Å². The van der Waals surface area contributed by atoms with Gasteiger partial charge in [-0.1, -0.05) is 18.2 Å². The van der Waals surface area contributed by atoms with Gasteiger partial charge in [-0.05, 0) is 83.8 Å². The van der Waals surface area contributed by atoms with Gasteiger partial charge < -0.3 is 75.5 Å². The zero-order valence-electron chi connectivity index (χ0n) is 32.6. The van der Waals surface area contributed by atoms with Gasteiger partial charge in [-0.15, -0.1) is 0 Å². The predicted octanol–water partition coefficient (Wildman–Crippen LogP) is 0.987. The summed E-state index contributed by atoms with van der Waals surface area (Å²) >= 11 is 0. The second-order valence-electron chi connectivity index (χ2n) is 14.5. The number of aliphatic carboxylic acids is 2. The third-order valence-electron chi connectivity index (χ3n) is 9.78. The maximum absolute atomic E-state index is 12.5. The zero-order chi connectivity index (χ0) is 46.1. The first-order valence-corrected chi connectivity index (χ1v) is 18.5. The molecule has 2 aliphatic rings. The summed E-state index contributed by atoms with van der Waals surface area (Å²) in [4.78, 5) is 59.8. The lowest BCUT2D eigenvalue weighted by atomic mass is 9.79. The molecule has 0 unspecified atom stereocenters. The zero-order valence-corrected chi connectivity index (χ0v) is 32.6. The van der Waals surface area contributed by atoms with Crippen LogP contribution in [0.25, 0.3) is 18.2 Å². The average Bonchev–Trinajstić information content (AvgIpc) is 3.20. The van der Waals surface area contributed by atoms with Gasteiger partial charge in [-0.25, -0.2) is 24.0 Å². The Bertz CT molecular complexity index is 2250. The quantitative estimate of drug-likeness (QED) is 0.0553. The molecule has 2 fully saturated rings. The van der Waals surface area contributed by atoms with E-state index in [-0.39, 0.29) is 23.0 Å². The van der Waals surface area contributed by atoms with Crippen molar-refractivity contribution in [3.05, 3.63) is 95.1 Å². The Kier molecular flexibility index (Phi) is 15.4. The fraction of sp³-hybridized carbons (Fsp3) is 0.310. The number of benzene rings is 3. The number of phenols is 5. The van der Waals surface area contributed by atoms with E-state index in [1.807, 2.05) is 0 Å². The Morgan fingerprint density at radius 1 is 0.548 bits per heavy atom. The minimum atomic E-state index is -2.31. The standard InChI is InChI=1S/C26H26O11.C16H18O9/c1-14-10-15(2-6-17(14)27)5-9-23(32)37-26(25(34)35)12-20(30)24(33)21(13-26)36-22(31)8-4-16-3-7-18(28)19(29)11-16;17-9-3-1-8(5-10(9)18)2-4-13(20)25-12-7-16(24,15(22)23)6-11(19)14(12)21/h2-11,20-21,24,27-30,33H,12-13H2,1H3,(H,34,35);1-5,11-12,14,17-19,21,24H,6-7H2,(H,22,23)/b8-4+,9-5+;4-2+/t20-,21-,24+,26-;11-,12-,14-,16+/m11/s1. The summed E-state index contributed by atoms with van der Waals surface area (Å²) in [6.45, 7) is 1.66. The number of ether oxygens (including phenoxy) is 3. The summed E-state index contributed by atoms with van der Waals surface area (Å²) in [7, 11) is 0. The monoisotopic (exact) mass is 868 g/mol. The molecule has 0 heterocycles. The SMILES string of the molecule is Cc1cc(/C=C/C(=O)O[C@]2(C(=O)O)C[C@@H](O)[C@H](O)[C@H](OC(=O)/C=C/c3ccc(O)c(O)c3)C2)ccc1O.O=C(/C=C/c1ccc(O)c(O)c1)O[C@@H]1C[C@](O)(C(=O)O)C[C@@H](O)[C@H]1O. The molecule has 20 nitrogen and oxygen atoms in total. The molecule has 2 aliphatic carbocycles. The van der Waals surface area contributed by atoms with Crippen molar-refractivity contribution >= 4 is 48.1 Å². The number of hydrogen-bond donors (Lipinski definition) is 12. The number of esters is 3. The normalized spacial score (nSPS) is 26.0. The molecule has 62 heavy (non-hydrogen) atoms. The molecule has 332 valence electrons. The summed E-state index contributed by atoms with van der Waals surface area (Å²) in [5.74, 6) is -7.59. The molecule has 0 amide bonds. The van der Waals surface area contributed by atoms with Crippen LogP contribution in [0.15, 0.2) is 72.8 Å². The van der Waals surface area contributed by atoms with Crippen LogP contribution in [0.3, 0.4) is 0 Å². The highest BCUT2D eigenvalue weighted by molar-refractivity contribution is 5.91. The first-order chi connectivity index (χ1) is 29.0. The van der Waals surface area contributed by atoms with Crippen molar-refractivity contribution < 1.29 is 99.5 Å². The van der Waals surface area contributed by atoms with E-state index in [0.29, 0.717) is 22.3 Å². The van der Waals surface area contributed by atoms with Crippen LogP contribution in [0.5, 0.6) is 28.7 Å². The second kappa shape index (κ2) is 20.1. The van der Waals surface area contributed by atoms with Gasteiger partial charge in [0.1, 0.15) is 30.2 Å². The highest BCUT2D eigenvalue weighted by Crippen LogP contribution is 2.36. The molecule has 0 spiro atoms. The number of hydrogen-bond acceptors (Lipinski definition) is 18. The first-order valence-electron chi connectivity index (χ1n) is 18.5. The Morgan fingerprint density at radius 2 is 0.968 bits per heavy atom. The lowest BCUT2D eigenvalue weighted by molar-refractivity contribution is -0.207. The second-order valence-corrected chi connectivity index (χ2v) is 14.5. The first kappa shape index (κ1) is 47.7. The van der Waals surface area contributed by atoms with Crippen LogP contribution in [0, 0.1) is 6.92 Å². The van der Waals surface area contributed by atoms with Gasteiger partial charge in [0.05, 0.1) is 12.2 Å². The number of aromatic hydroxyl groups is 5. The number of aliphatic hydroxyl groups is 5. The van der Waals surface area contributed by atoms with Gasteiger partial charge >= 0.3 is 29.8 Å². The maximum atomic E-state index is 12.5. The van der Waals surface area contributed by atoms with Crippen molar-refractivity contribution in [2.45, 2.75) is 80.4 Å². The van der Waals surface area contributed by atoms with E-state index in [1.165, 1.54) is 66.8 Å². The molecule has 20 heteroatoms. The van der Waals surface area contributed by atoms with Gasteiger partial charge in [0.2, 0.25) is 5.60 Å². The molecule has 8 atom stereocenters. The smallest absolute Gasteiger partial charge is 0.348 e. The van der Waals surface area contributed by atoms with E-state index in [9.17, 15) is 80.1 Å². The van der Waals surface area contributed by atoms with E-state index in [4.69, 9.17) is 19.3 Å². The fourth-order valence-corrected chi connectivity index (χ4v) is 6.35. The Morgan fingerprint density at radius 3 is 1.40 bits per heavy atom. The fourth-order valence-electron chi connectivity index (χ4n) is 6.35. The van der Waals surface area contributed by atoms with Crippen molar-refractivity contribution in [2.75, 3.05) is 0 Å². The number of aliphatic hydroxyl groups excluding tert-OH is 4. The average molecular weight is 869 g/mol. The van der Waals surface area contributed by atoms with Crippen LogP contribution in [0.1, 0.15) is 47.9 Å². The largest absolute Gasteiger partial charge is 0.508 e. The molecule has 0 bridgehead atoms. The number of carbonyl (C=O) groups excluding carboxylic acids is 3. The van der Waals surface area contributed by atoms with E-state index >= 15 is 0 Å². The lowest BCUT2D eigenvalue weighted by Gasteiger charge is -2.41. The van der Waals surface area contributed by atoms with Crippen LogP contribution in [0.4, 0.5) is 0 Å². The minimum Gasteiger partial charge on any atom is -0.508 e. The summed E-state index contributed by atoms with van der Waals surface area (Å²) in [6, 6.07) is 12.2. The van der Waals surface area contributed by atoms with Crippen molar-refractivity contribution in [3.63, 3.8) is 0 Å². The number of carboxylic acids is 2. The van der Waals surface area contributed by atoms with Crippen LogP contribution in [-0.4, -0.2) is 139 Å². The molecular formula is C42H44O20. The van der Waals surface area contributed by atoms with Crippen LogP contribution in [0.2, 0.25) is 0 Å². The van der Waals surface area contributed by atoms with E-state index in [1.54, 1.807) is 13.0 Å². The minimum absolute atomic E-state index is 0.0657. The van der Waals surface area contributed by atoms with Crippen molar-refractivity contribution in [2.24, 2.45) is 0 Å². The Balaban J connectivity index is 0.000000294. The van der Waals surface area contributed by atoms with E-state index in [0.717, 1.165) is 18.2 Å². The Hall–Kier alpha value is -6.97. The topological polar surface area (TPSA) is 356 Å². The lowest BCUT2D eigenvalue weighted by Crippen LogP contribution is -2.58. The van der Waals surface area contributed by atoms with Crippen LogP contribution < -0.4 is 0 Å². The number of aryl methyl sites for hydroxylation is 1. The summed E-state index contributed by atoms with van der Waals surface area (Å²) < 4.78 is 15.3. The number of carbonyl (C=O) groups is 5. The third kappa shape index (κ3) is 12.3. The van der Waals surface area contributed by atoms with Gasteiger partial charge in [0.15, 0.2) is 28.6 Å². The summed E-state index contributed by atoms with van der Waals surface area (Å²) in [5, 5.41) is 116. The summed E-state index contributed by atoms with van der Waals surface area (Å²) in [5.41, 5.74) is -2.79. The molecule has 0 aromatic heterocycles. The summed E-state index contributed by atoms with van der Waals surface area (Å²) in [6.07, 6.45) is -5.05. The third-order valence-corrected chi connectivity index (χ3v) is 9.78. The Labute approximate surface area is 351 Å².